The number of nitro benzene ring substituents is 1. The lowest BCUT2D eigenvalue weighted by Gasteiger charge is -2.12. The van der Waals surface area contributed by atoms with E-state index in [4.69, 9.17) is 16.3 Å². The third-order valence-corrected chi connectivity index (χ3v) is 6.22. The average Bonchev–Trinajstić information content (AvgIpc) is 3.06. The Kier molecular flexibility index (Phi) is 6.95. The molecule has 0 atom stereocenters. The molecule has 0 aliphatic carbocycles. The summed E-state index contributed by atoms with van der Waals surface area (Å²) in [7, 11) is 0. The highest BCUT2D eigenvalue weighted by Crippen LogP contribution is 2.34. The fourth-order valence-electron chi connectivity index (χ4n) is 3.21. The van der Waals surface area contributed by atoms with Crippen molar-refractivity contribution < 1.29 is 23.6 Å². The number of rotatable bonds is 7. The van der Waals surface area contributed by atoms with Crippen LogP contribution >= 0.6 is 23.4 Å². The van der Waals surface area contributed by atoms with E-state index in [1.54, 1.807) is 36.4 Å². The molecule has 3 aromatic rings. The lowest BCUT2D eigenvalue weighted by atomic mass is 10.1. The Bertz CT molecular complexity index is 1290. The van der Waals surface area contributed by atoms with Gasteiger partial charge in [-0.1, -0.05) is 41.9 Å². The molecule has 3 aromatic carbocycles. The number of nitro groups is 1. The number of hydrogen-bond donors (Lipinski definition) is 0. The maximum absolute atomic E-state index is 14.0. The minimum Gasteiger partial charge on any atom is -0.489 e. The Balaban J connectivity index is 1.46. The molecule has 1 fully saturated rings. The van der Waals surface area contributed by atoms with Gasteiger partial charge in [0.05, 0.1) is 21.4 Å². The van der Waals surface area contributed by atoms with Gasteiger partial charge in [0.15, 0.2) is 0 Å². The van der Waals surface area contributed by atoms with Crippen LogP contribution in [0.1, 0.15) is 16.7 Å². The molecule has 1 saturated heterocycles. The average molecular weight is 499 g/mol. The van der Waals surface area contributed by atoms with Gasteiger partial charge < -0.3 is 4.74 Å². The van der Waals surface area contributed by atoms with Gasteiger partial charge in [0.1, 0.15) is 18.2 Å². The predicted octanol–water partition coefficient (Wildman–Crippen LogP) is 6.20. The fourth-order valence-corrected chi connectivity index (χ4v) is 4.27. The molecule has 4 rings (SSSR count). The zero-order chi connectivity index (χ0) is 24.2. The lowest BCUT2D eigenvalue weighted by Crippen LogP contribution is -2.27. The monoisotopic (exact) mass is 498 g/mol. The van der Waals surface area contributed by atoms with Gasteiger partial charge in [0, 0.05) is 17.7 Å². The van der Waals surface area contributed by atoms with Gasteiger partial charge >= 0.3 is 0 Å². The molecular formula is C24H16ClFN2O5S. The van der Waals surface area contributed by atoms with Crippen LogP contribution < -0.4 is 4.74 Å². The number of nitrogens with zero attached hydrogens (tertiary/aromatic N) is 2. The van der Waals surface area contributed by atoms with E-state index in [9.17, 15) is 24.1 Å². The summed E-state index contributed by atoms with van der Waals surface area (Å²) in [4.78, 5) is 36.8. The second-order valence-corrected chi connectivity index (χ2v) is 8.65. The van der Waals surface area contributed by atoms with Crippen molar-refractivity contribution in [3.63, 3.8) is 0 Å². The quantitative estimate of drug-likeness (QED) is 0.219. The molecule has 0 N–H and O–H groups in total. The largest absolute Gasteiger partial charge is 0.489 e. The van der Waals surface area contributed by atoms with Crippen LogP contribution in [-0.2, 0) is 17.9 Å². The maximum atomic E-state index is 14.0. The van der Waals surface area contributed by atoms with Crippen molar-refractivity contribution in [2.24, 2.45) is 0 Å². The van der Waals surface area contributed by atoms with Crippen LogP contribution in [0.5, 0.6) is 5.75 Å². The Morgan fingerprint density at radius 1 is 1.09 bits per heavy atom. The zero-order valence-corrected chi connectivity index (χ0v) is 19.0. The van der Waals surface area contributed by atoms with E-state index in [0.717, 1.165) is 16.7 Å². The van der Waals surface area contributed by atoms with Gasteiger partial charge in [0.25, 0.3) is 16.8 Å². The molecule has 0 spiro atoms. The van der Waals surface area contributed by atoms with Crippen molar-refractivity contribution in [3.05, 3.63) is 109 Å². The molecule has 0 unspecified atom stereocenters. The first kappa shape index (κ1) is 23.5. The van der Waals surface area contributed by atoms with Crippen molar-refractivity contribution in [3.8, 4) is 5.75 Å². The van der Waals surface area contributed by atoms with E-state index in [1.165, 1.54) is 36.4 Å². The highest BCUT2D eigenvalue weighted by molar-refractivity contribution is 8.18. The number of carbonyl (C=O) groups excluding carboxylic acids is 2. The number of carbonyl (C=O) groups is 2. The summed E-state index contributed by atoms with van der Waals surface area (Å²) in [5.74, 6) is -0.485. The second kappa shape index (κ2) is 10.1. The molecule has 34 heavy (non-hydrogen) atoms. The van der Waals surface area contributed by atoms with Crippen molar-refractivity contribution in [1.82, 2.24) is 4.90 Å². The summed E-state index contributed by atoms with van der Waals surface area (Å²) in [6, 6.07) is 16.9. The minimum atomic E-state index is -0.518. The van der Waals surface area contributed by atoms with E-state index in [1.807, 2.05) is 0 Å². The number of ether oxygens (including phenoxy) is 1. The number of halogens is 2. The Morgan fingerprint density at radius 3 is 2.53 bits per heavy atom. The van der Waals surface area contributed by atoms with Gasteiger partial charge in [-0.15, -0.1) is 0 Å². The van der Waals surface area contributed by atoms with E-state index < -0.39 is 21.9 Å². The molecule has 0 radical (unpaired) electrons. The number of non-ortho nitro benzene ring substituents is 1. The second-order valence-electron chi connectivity index (χ2n) is 7.25. The molecule has 0 saturated carbocycles. The summed E-state index contributed by atoms with van der Waals surface area (Å²) in [5.41, 5.74) is 1.38. The van der Waals surface area contributed by atoms with Gasteiger partial charge in [0.2, 0.25) is 0 Å². The number of imide groups is 1. The predicted molar refractivity (Wildman–Crippen MR) is 127 cm³/mol. The van der Waals surface area contributed by atoms with Crippen molar-refractivity contribution in [1.29, 1.82) is 0 Å². The van der Waals surface area contributed by atoms with Gasteiger partial charge in [-0.05, 0) is 53.2 Å². The van der Waals surface area contributed by atoms with Crippen LogP contribution in [0.15, 0.2) is 71.6 Å². The molecule has 7 nitrogen and oxygen atoms in total. The number of thioether (sulfide) groups is 1. The van der Waals surface area contributed by atoms with Crippen LogP contribution in [-0.4, -0.2) is 21.0 Å². The van der Waals surface area contributed by atoms with Crippen LogP contribution in [0.4, 0.5) is 14.9 Å². The summed E-state index contributed by atoms with van der Waals surface area (Å²) in [6.45, 7) is -0.0622. The molecule has 1 aliphatic rings. The van der Waals surface area contributed by atoms with Crippen molar-refractivity contribution in [2.75, 3.05) is 0 Å². The summed E-state index contributed by atoms with van der Waals surface area (Å²) in [5, 5.41) is 10.6. The SMILES string of the molecule is O=C1SC(=Cc2cccc(OCc3c(F)cccc3Cl)c2)C(=O)N1Cc1ccc([N+](=O)[O-])cc1. The number of amides is 2. The van der Waals surface area contributed by atoms with Crippen LogP contribution in [0.3, 0.4) is 0 Å². The van der Waals surface area contributed by atoms with E-state index >= 15 is 0 Å². The molecule has 1 aliphatic heterocycles. The van der Waals surface area contributed by atoms with Gasteiger partial charge in [-0.2, -0.15) is 0 Å². The van der Waals surface area contributed by atoms with Crippen molar-refractivity contribution in [2.45, 2.75) is 13.2 Å². The Morgan fingerprint density at radius 2 is 1.82 bits per heavy atom. The topological polar surface area (TPSA) is 89.8 Å². The van der Waals surface area contributed by atoms with Gasteiger partial charge in [-0.25, -0.2) is 4.39 Å². The summed E-state index contributed by atoms with van der Waals surface area (Å²) in [6.07, 6.45) is 1.57. The molecular weight excluding hydrogens is 483 g/mol. The highest BCUT2D eigenvalue weighted by Gasteiger charge is 2.35. The molecule has 172 valence electrons. The summed E-state index contributed by atoms with van der Waals surface area (Å²) >= 11 is 6.83. The van der Waals surface area contributed by atoms with Crippen LogP contribution in [0.25, 0.3) is 6.08 Å². The fraction of sp³-hybridized carbons (Fsp3) is 0.0833. The first-order chi connectivity index (χ1) is 16.3. The normalized spacial score (nSPS) is 14.6. The molecule has 0 bridgehead atoms. The molecule has 1 heterocycles. The molecule has 10 heteroatoms. The van der Waals surface area contributed by atoms with E-state index in [0.29, 0.717) is 16.9 Å². The third-order valence-electron chi connectivity index (χ3n) is 4.96. The standard InChI is InChI=1S/C24H16ClFN2O5S/c25-20-5-2-6-21(26)19(20)14-33-18-4-1-3-16(11-18)12-22-23(29)27(24(30)34-22)13-15-7-9-17(10-8-15)28(31)32/h1-12H,13-14H2. The van der Waals surface area contributed by atoms with Crippen LogP contribution in [0.2, 0.25) is 5.02 Å². The molecule has 2 amide bonds. The highest BCUT2D eigenvalue weighted by atomic mass is 35.5. The van der Waals surface area contributed by atoms with Crippen molar-refractivity contribution >= 4 is 46.3 Å². The first-order valence-corrected chi connectivity index (χ1v) is 11.2. The van der Waals surface area contributed by atoms with Gasteiger partial charge in [-0.3, -0.25) is 24.6 Å². The first-order valence-electron chi connectivity index (χ1n) is 9.96. The zero-order valence-electron chi connectivity index (χ0n) is 17.4. The Labute approximate surface area is 202 Å². The summed E-state index contributed by atoms with van der Waals surface area (Å²) < 4.78 is 19.6. The lowest BCUT2D eigenvalue weighted by molar-refractivity contribution is -0.384. The third kappa shape index (κ3) is 5.27. The Hall–Kier alpha value is -3.69. The maximum Gasteiger partial charge on any atom is 0.293 e. The minimum absolute atomic E-state index is 0.00650. The number of benzene rings is 3. The smallest absolute Gasteiger partial charge is 0.293 e. The van der Waals surface area contributed by atoms with E-state index in [-0.39, 0.29) is 34.3 Å². The van der Waals surface area contributed by atoms with E-state index in [2.05, 4.69) is 0 Å². The molecule has 0 aromatic heterocycles. The van der Waals surface area contributed by atoms with Crippen LogP contribution in [0, 0.1) is 15.9 Å². The number of hydrogen-bond acceptors (Lipinski definition) is 6.